The standard InChI is InChI=1S/C15H17NO2S2/c1-20(17,18)15-9-7-14(8-10-15)19-12-11-16-13-5-3-2-4-6-13/h2-10,16H,11-12H2,1H3. The molecule has 1 N–H and O–H groups in total. The van der Waals surface area contributed by atoms with E-state index in [1.54, 1.807) is 23.9 Å². The van der Waals surface area contributed by atoms with E-state index < -0.39 is 9.84 Å². The minimum Gasteiger partial charge on any atom is -0.384 e. The number of anilines is 1. The molecule has 0 aromatic heterocycles. The summed E-state index contributed by atoms with van der Waals surface area (Å²) in [6.07, 6.45) is 1.22. The maximum absolute atomic E-state index is 11.3. The van der Waals surface area contributed by atoms with Gasteiger partial charge in [0.15, 0.2) is 9.84 Å². The fraction of sp³-hybridized carbons (Fsp3) is 0.200. The SMILES string of the molecule is CS(=O)(=O)c1ccc(SCCNc2ccccc2)cc1. The minimum absolute atomic E-state index is 0.365. The molecule has 0 unspecified atom stereocenters. The monoisotopic (exact) mass is 307 g/mol. The Labute approximate surface area is 124 Å². The molecule has 2 aromatic rings. The highest BCUT2D eigenvalue weighted by Gasteiger charge is 2.05. The Morgan fingerprint density at radius 2 is 1.65 bits per heavy atom. The molecule has 0 atom stereocenters. The smallest absolute Gasteiger partial charge is 0.175 e. The number of sulfone groups is 1. The molecule has 2 aromatic carbocycles. The van der Waals surface area contributed by atoms with Crippen LogP contribution < -0.4 is 5.32 Å². The lowest BCUT2D eigenvalue weighted by Gasteiger charge is -2.06. The van der Waals surface area contributed by atoms with Crippen molar-refractivity contribution in [2.45, 2.75) is 9.79 Å². The number of para-hydroxylation sites is 1. The van der Waals surface area contributed by atoms with Crippen LogP contribution in [0.4, 0.5) is 5.69 Å². The van der Waals surface area contributed by atoms with Crippen molar-refractivity contribution < 1.29 is 8.42 Å². The van der Waals surface area contributed by atoms with Gasteiger partial charge in [0, 0.05) is 29.1 Å². The molecule has 0 fully saturated rings. The van der Waals surface area contributed by atoms with Gasteiger partial charge in [0.1, 0.15) is 0 Å². The second-order valence-electron chi connectivity index (χ2n) is 4.38. The van der Waals surface area contributed by atoms with Crippen LogP contribution in [0.3, 0.4) is 0 Å². The van der Waals surface area contributed by atoms with Gasteiger partial charge in [0.05, 0.1) is 4.90 Å². The summed E-state index contributed by atoms with van der Waals surface area (Å²) < 4.78 is 22.7. The number of rotatable bonds is 6. The van der Waals surface area contributed by atoms with Crippen LogP contribution in [0.25, 0.3) is 0 Å². The summed E-state index contributed by atoms with van der Waals surface area (Å²) in [6, 6.07) is 17.1. The topological polar surface area (TPSA) is 46.2 Å². The van der Waals surface area contributed by atoms with Crippen molar-refractivity contribution in [1.29, 1.82) is 0 Å². The van der Waals surface area contributed by atoms with Crippen molar-refractivity contribution in [3.63, 3.8) is 0 Å². The van der Waals surface area contributed by atoms with E-state index in [2.05, 4.69) is 5.32 Å². The predicted molar refractivity (Wildman–Crippen MR) is 85.2 cm³/mol. The summed E-state index contributed by atoms with van der Waals surface area (Å²) in [5.74, 6) is 0.924. The van der Waals surface area contributed by atoms with Gasteiger partial charge in [-0.2, -0.15) is 0 Å². The quantitative estimate of drug-likeness (QED) is 0.657. The molecule has 5 heteroatoms. The summed E-state index contributed by atoms with van der Waals surface area (Å²) in [7, 11) is -3.10. The summed E-state index contributed by atoms with van der Waals surface area (Å²) in [6.45, 7) is 0.864. The second kappa shape index (κ2) is 6.81. The molecule has 2 rings (SSSR count). The Balaban J connectivity index is 1.80. The van der Waals surface area contributed by atoms with E-state index in [9.17, 15) is 8.42 Å². The largest absolute Gasteiger partial charge is 0.384 e. The summed E-state index contributed by atoms with van der Waals surface area (Å²) in [5.41, 5.74) is 1.11. The van der Waals surface area contributed by atoms with Gasteiger partial charge < -0.3 is 5.32 Å². The van der Waals surface area contributed by atoms with Crippen molar-refractivity contribution in [2.24, 2.45) is 0 Å². The van der Waals surface area contributed by atoms with Crippen molar-refractivity contribution in [2.75, 3.05) is 23.9 Å². The maximum Gasteiger partial charge on any atom is 0.175 e. The van der Waals surface area contributed by atoms with Crippen LogP contribution in [-0.4, -0.2) is 27.0 Å². The van der Waals surface area contributed by atoms with Crippen LogP contribution in [0, 0.1) is 0 Å². The first-order valence-corrected chi connectivity index (χ1v) is 9.15. The molecule has 20 heavy (non-hydrogen) atoms. The Kier molecular flexibility index (Phi) is 5.09. The first-order chi connectivity index (χ1) is 9.55. The lowest BCUT2D eigenvalue weighted by molar-refractivity contribution is 0.602. The number of hydrogen-bond donors (Lipinski definition) is 1. The highest BCUT2D eigenvalue weighted by Crippen LogP contribution is 2.20. The van der Waals surface area contributed by atoms with E-state index in [1.807, 2.05) is 42.5 Å². The summed E-state index contributed by atoms with van der Waals surface area (Å²) in [4.78, 5) is 1.44. The first-order valence-electron chi connectivity index (χ1n) is 6.27. The van der Waals surface area contributed by atoms with Crippen molar-refractivity contribution >= 4 is 27.3 Å². The molecule has 0 spiro atoms. The Hall–Kier alpha value is -1.46. The van der Waals surface area contributed by atoms with Gasteiger partial charge in [-0.3, -0.25) is 0 Å². The number of nitrogens with one attached hydrogen (secondary N) is 1. The van der Waals surface area contributed by atoms with Crippen LogP contribution in [0.2, 0.25) is 0 Å². The van der Waals surface area contributed by atoms with Crippen molar-refractivity contribution in [3.8, 4) is 0 Å². The first kappa shape index (κ1) is 14.9. The third-order valence-electron chi connectivity index (χ3n) is 2.73. The fourth-order valence-corrected chi connectivity index (χ4v) is 3.10. The average molecular weight is 307 g/mol. The number of thioether (sulfide) groups is 1. The van der Waals surface area contributed by atoms with E-state index in [4.69, 9.17) is 0 Å². The molecule has 0 radical (unpaired) electrons. The zero-order chi connectivity index (χ0) is 14.4. The number of benzene rings is 2. The van der Waals surface area contributed by atoms with Crippen molar-refractivity contribution in [1.82, 2.24) is 0 Å². The Bertz CT molecular complexity index is 637. The molecule has 0 saturated carbocycles. The number of hydrogen-bond acceptors (Lipinski definition) is 4. The van der Waals surface area contributed by atoms with Gasteiger partial charge >= 0.3 is 0 Å². The molecule has 3 nitrogen and oxygen atoms in total. The van der Waals surface area contributed by atoms with E-state index in [1.165, 1.54) is 6.26 Å². The second-order valence-corrected chi connectivity index (χ2v) is 7.57. The average Bonchev–Trinajstić information content (AvgIpc) is 2.44. The Morgan fingerprint density at radius 3 is 2.25 bits per heavy atom. The molecular weight excluding hydrogens is 290 g/mol. The minimum atomic E-state index is -3.10. The zero-order valence-electron chi connectivity index (χ0n) is 11.2. The van der Waals surface area contributed by atoms with Crippen molar-refractivity contribution in [3.05, 3.63) is 54.6 Å². The molecule has 0 aliphatic heterocycles. The van der Waals surface area contributed by atoms with Gasteiger partial charge in [-0.15, -0.1) is 11.8 Å². The highest BCUT2D eigenvalue weighted by molar-refractivity contribution is 7.99. The van der Waals surface area contributed by atoms with E-state index in [-0.39, 0.29) is 0 Å². The van der Waals surface area contributed by atoms with Gasteiger partial charge in [0.2, 0.25) is 0 Å². The highest BCUT2D eigenvalue weighted by atomic mass is 32.2. The third-order valence-corrected chi connectivity index (χ3v) is 4.87. The van der Waals surface area contributed by atoms with Crippen LogP contribution in [0.1, 0.15) is 0 Å². The molecule has 0 amide bonds. The van der Waals surface area contributed by atoms with E-state index in [0.717, 1.165) is 22.9 Å². The van der Waals surface area contributed by atoms with Gasteiger partial charge in [-0.1, -0.05) is 18.2 Å². The maximum atomic E-state index is 11.3. The lowest BCUT2D eigenvalue weighted by atomic mass is 10.3. The summed E-state index contributed by atoms with van der Waals surface area (Å²) in [5, 5.41) is 3.33. The van der Waals surface area contributed by atoms with Crippen LogP contribution in [0.15, 0.2) is 64.4 Å². The zero-order valence-corrected chi connectivity index (χ0v) is 12.9. The molecule has 0 aliphatic rings. The van der Waals surface area contributed by atoms with E-state index >= 15 is 0 Å². The molecule has 0 saturated heterocycles. The normalized spacial score (nSPS) is 11.2. The lowest BCUT2D eigenvalue weighted by Crippen LogP contribution is -2.03. The predicted octanol–water partition coefficient (Wildman–Crippen LogP) is 3.29. The summed E-state index contributed by atoms with van der Waals surface area (Å²) >= 11 is 1.70. The van der Waals surface area contributed by atoms with Crippen LogP contribution >= 0.6 is 11.8 Å². The fourth-order valence-electron chi connectivity index (χ4n) is 1.70. The van der Waals surface area contributed by atoms with Gasteiger partial charge in [0.25, 0.3) is 0 Å². The Morgan fingerprint density at radius 1 is 1.00 bits per heavy atom. The molecular formula is C15H17NO2S2. The van der Waals surface area contributed by atoms with E-state index in [0.29, 0.717) is 4.90 Å². The molecule has 0 aliphatic carbocycles. The van der Waals surface area contributed by atoms with Gasteiger partial charge in [-0.05, 0) is 36.4 Å². The third kappa shape index (κ3) is 4.58. The van der Waals surface area contributed by atoms with Gasteiger partial charge in [-0.25, -0.2) is 8.42 Å². The molecule has 0 heterocycles. The molecule has 106 valence electrons. The molecule has 0 bridgehead atoms. The van der Waals surface area contributed by atoms with Crippen LogP contribution in [-0.2, 0) is 9.84 Å². The van der Waals surface area contributed by atoms with Crippen LogP contribution in [0.5, 0.6) is 0 Å².